The van der Waals surface area contributed by atoms with Gasteiger partial charge in [-0.3, -0.25) is 14.7 Å². The lowest BCUT2D eigenvalue weighted by Gasteiger charge is -2.04. The Balaban J connectivity index is 2.28. The predicted molar refractivity (Wildman–Crippen MR) is 66.1 cm³/mol. The lowest BCUT2D eigenvalue weighted by molar-refractivity contribution is 0.102. The van der Waals surface area contributed by atoms with Crippen LogP contribution in [0.25, 0.3) is 0 Å². The van der Waals surface area contributed by atoms with Crippen LogP contribution in [0.15, 0.2) is 34.6 Å². The molecule has 2 aromatic rings. The largest absolute Gasteiger partial charge is 0.409 e. The number of nitrogens with one attached hydrogen (secondary N) is 3. The van der Waals surface area contributed by atoms with Crippen LogP contribution in [0.1, 0.15) is 15.9 Å². The van der Waals surface area contributed by atoms with Gasteiger partial charge in [-0.25, -0.2) is 0 Å². The molecule has 0 fully saturated rings. The molecule has 1 amide bonds. The number of amidine groups is 1. The van der Waals surface area contributed by atoms with Crippen LogP contribution < -0.4 is 16.5 Å². The Morgan fingerprint density at radius 1 is 1.47 bits per heavy atom. The Morgan fingerprint density at radius 2 is 2.26 bits per heavy atom. The summed E-state index contributed by atoms with van der Waals surface area (Å²) in [7, 11) is 0. The fourth-order valence-electron chi connectivity index (χ4n) is 1.40. The number of carbonyl (C=O) groups excluding carboxylic acids is 1. The van der Waals surface area contributed by atoms with Crippen molar-refractivity contribution >= 4 is 17.6 Å². The number of oxime groups is 1. The lowest BCUT2D eigenvalue weighted by Crippen LogP contribution is -2.23. The molecule has 0 aliphatic rings. The molecule has 0 aliphatic heterocycles. The van der Waals surface area contributed by atoms with Gasteiger partial charge in [0, 0.05) is 18.5 Å². The van der Waals surface area contributed by atoms with Crippen molar-refractivity contribution in [3.63, 3.8) is 0 Å². The minimum absolute atomic E-state index is 0.0671. The third-order valence-electron chi connectivity index (χ3n) is 2.33. The van der Waals surface area contributed by atoms with Crippen LogP contribution >= 0.6 is 0 Å². The predicted octanol–water partition coefficient (Wildman–Crippen LogP) is -0.555. The molecule has 0 atom stereocenters. The molecule has 0 aromatic carbocycles. The van der Waals surface area contributed by atoms with Crippen LogP contribution in [0.4, 0.5) is 5.82 Å². The number of pyridine rings is 1. The number of anilines is 1. The van der Waals surface area contributed by atoms with Crippen LogP contribution in [-0.2, 0) is 0 Å². The Labute approximate surface area is 106 Å². The number of aromatic amines is 2. The van der Waals surface area contributed by atoms with Crippen molar-refractivity contribution in [2.75, 3.05) is 5.32 Å². The van der Waals surface area contributed by atoms with Gasteiger partial charge in [-0.15, -0.1) is 0 Å². The molecule has 2 rings (SSSR count). The first-order valence-corrected chi connectivity index (χ1v) is 5.13. The highest BCUT2D eigenvalue weighted by atomic mass is 16.4. The highest BCUT2D eigenvalue weighted by Crippen LogP contribution is 2.11. The first-order valence-electron chi connectivity index (χ1n) is 5.13. The summed E-state index contributed by atoms with van der Waals surface area (Å²) in [6.45, 7) is 0. The second-order valence-corrected chi connectivity index (χ2v) is 3.52. The number of nitrogens with two attached hydrogens (primary N) is 1. The topological polar surface area (TPSA) is 149 Å². The molecule has 0 bridgehead atoms. The molecule has 19 heavy (non-hydrogen) atoms. The molecule has 0 aliphatic carbocycles. The van der Waals surface area contributed by atoms with E-state index in [1.807, 2.05) is 0 Å². The van der Waals surface area contributed by atoms with Gasteiger partial charge in [0.05, 0.1) is 11.8 Å². The fourth-order valence-corrected chi connectivity index (χ4v) is 1.40. The molecule has 2 heterocycles. The summed E-state index contributed by atoms with van der Waals surface area (Å²) in [5.41, 5.74) is 5.12. The van der Waals surface area contributed by atoms with Crippen molar-refractivity contribution in [1.82, 2.24) is 15.2 Å². The molecule has 9 nitrogen and oxygen atoms in total. The van der Waals surface area contributed by atoms with E-state index in [1.54, 1.807) is 0 Å². The maximum absolute atomic E-state index is 11.9. The van der Waals surface area contributed by atoms with E-state index in [1.165, 1.54) is 24.7 Å². The number of carbonyl (C=O) groups is 1. The molecule has 98 valence electrons. The van der Waals surface area contributed by atoms with Gasteiger partial charge < -0.3 is 21.2 Å². The molecular weight excluding hydrogens is 252 g/mol. The van der Waals surface area contributed by atoms with E-state index in [0.717, 1.165) is 0 Å². The average Bonchev–Trinajstić information content (AvgIpc) is 2.86. The molecule has 2 aromatic heterocycles. The lowest BCUT2D eigenvalue weighted by atomic mass is 10.2. The molecule has 0 spiro atoms. The number of hydrogen-bond donors (Lipinski definition) is 5. The van der Waals surface area contributed by atoms with Gasteiger partial charge in [-0.1, -0.05) is 5.16 Å². The van der Waals surface area contributed by atoms with E-state index in [2.05, 4.69) is 25.7 Å². The van der Waals surface area contributed by atoms with Gasteiger partial charge in [-0.05, 0) is 0 Å². The molecule has 0 saturated carbocycles. The van der Waals surface area contributed by atoms with Crippen molar-refractivity contribution in [2.24, 2.45) is 10.9 Å². The zero-order valence-electron chi connectivity index (χ0n) is 9.54. The van der Waals surface area contributed by atoms with E-state index >= 15 is 0 Å². The Kier molecular flexibility index (Phi) is 3.28. The number of H-pyrrole nitrogens is 2. The minimum Gasteiger partial charge on any atom is -0.409 e. The summed E-state index contributed by atoms with van der Waals surface area (Å²) in [6, 6.07) is 1.23. The highest BCUT2D eigenvalue weighted by Gasteiger charge is 2.15. The van der Waals surface area contributed by atoms with Crippen LogP contribution in [-0.4, -0.2) is 32.1 Å². The molecule has 6 N–H and O–H groups in total. The van der Waals surface area contributed by atoms with E-state index in [0.29, 0.717) is 0 Å². The van der Waals surface area contributed by atoms with Crippen LogP contribution in [0.2, 0.25) is 0 Å². The third-order valence-corrected chi connectivity index (χ3v) is 2.33. The van der Waals surface area contributed by atoms with Crippen molar-refractivity contribution < 1.29 is 10.0 Å². The standard InChI is InChI=1S/C10H10N6O3/c11-8(16-19)6-4-13-15-9(6)14-10(18)5-3-12-2-1-7(5)17/h1-4,19H,(H2,11,16)(H,12,17)(H2,13,14,15,18). The Hall–Kier alpha value is -3.10. The quantitative estimate of drug-likeness (QED) is 0.217. The molecule has 0 radical (unpaired) electrons. The van der Waals surface area contributed by atoms with Gasteiger partial charge in [0.1, 0.15) is 11.4 Å². The highest BCUT2D eigenvalue weighted by molar-refractivity contribution is 6.08. The van der Waals surface area contributed by atoms with Crippen molar-refractivity contribution in [2.45, 2.75) is 0 Å². The number of amides is 1. The number of rotatable bonds is 3. The second kappa shape index (κ2) is 5.04. The number of hydrogen-bond acceptors (Lipinski definition) is 5. The van der Waals surface area contributed by atoms with E-state index in [-0.39, 0.29) is 22.8 Å². The SMILES string of the molecule is N/C(=N/O)c1cn[nH]c1NC(=O)c1c[nH]ccc1=O. The summed E-state index contributed by atoms with van der Waals surface area (Å²) in [5, 5.41) is 19.9. The van der Waals surface area contributed by atoms with Gasteiger partial charge in [0.2, 0.25) is 0 Å². The summed E-state index contributed by atoms with van der Waals surface area (Å²) >= 11 is 0. The van der Waals surface area contributed by atoms with Gasteiger partial charge in [-0.2, -0.15) is 5.10 Å². The van der Waals surface area contributed by atoms with Crippen molar-refractivity contribution in [1.29, 1.82) is 0 Å². The summed E-state index contributed by atoms with van der Waals surface area (Å²) < 4.78 is 0. The van der Waals surface area contributed by atoms with Crippen molar-refractivity contribution in [3.8, 4) is 0 Å². The second-order valence-electron chi connectivity index (χ2n) is 3.52. The maximum Gasteiger partial charge on any atom is 0.262 e. The molecular formula is C10H10N6O3. The normalized spacial score (nSPS) is 11.3. The third kappa shape index (κ3) is 2.44. The zero-order chi connectivity index (χ0) is 13.8. The van der Waals surface area contributed by atoms with E-state index < -0.39 is 11.3 Å². The van der Waals surface area contributed by atoms with Crippen molar-refractivity contribution in [3.05, 3.63) is 46.0 Å². The average molecular weight is 262 g/mol. The van der Waals surface area contributed by atoms with Gasteiger partial charge in [0.15, 0.2) is 11.3 Å². The minimum atomic E-state index is -0.641. The summed E-state index contributed by atoms with van der Waals surface area (Å²) in [4.78, 5) is 26.0. The first-order chi connectivity index (χ1) is 9.13. The molecule has 0 saturated heterocycles. The molecule has 9 heteroatoms. The molecule has 0 unspecified atom stereocenters. The number of aromatic nitrogens is 3. The van der Waals surface area contributed by atoms with Gasteiger partial charge >= 0.3 is 0 Å². The monoisotopic (exact) mass is 262 g/mol. The summed E-state index contributed by atoms with van der Waals surface area (Å²) in [5.74, 6) is -0.729. The van der Waals surface area contributed by atoms with Crippen LogP contribution in [0.3, 0.4) is 0 Å². The smallest absolute Gasteiger partial charge is 0.262 e. The maximum atomic E-state index is 11.9. The van der Waals surface area contributed by atoms with Crippen LogP contribution in [0, 0.1) is 0 Å². The zero-order valence-corrected chi connectivity index (χ0v) is 9.54. The van der Waals surface area contributed by atoms with Gasteiger partial charge in [0.25, 0.3) is 5.91 Å². The number of nitrogens with zero attached hydrogens (tertiary/aromatic N) is 2. The van der Waals surface area contributed by atoms with E-state index in [4.69, 9.17) is 10.9 Å². The van der Waals surface area contributed by atoms with E-state index in [9.17, 15) is 9.59 Å². The fraction of sp³-hybridized carbons (Fsp3) is 0. The Bertz CT molecular complexity index is 686. The van der Waals surface area contributed by atoms with Crippen LogP contribution in [0.5, 0.6) is 0 Å². The summed E-state index contributed by atoms with van der Waals surface area (Å²) in [6.07, 6.45) is 3.97. The first kappa shape index (κ1) is 12.4. The Morgan fingerprint density at radius 3 is 2.95 bits per heavy atom.